The number of rotatable bonds is 7. The highest BCUT2D eigenvalue weighted by Crippen LogP contribution is 2.21. The fourth-order valence-electron chi connectivity index (χ4n) is 2.10. The Balaban J connectivity index is 2.01. The van der Waals surface area contributed by atoms with Crippen molar-refractivity contribution in [2.45, 2.75) is 19.5 Å². The molecule has 3 heteroatoms. The zero-order valence-corrected chi connectivity index (χ0v) is 13.8. The van der Waals surface area contributed by atoms with Crippen molar-refractivity contribution in [3.05, 3.63) is 76.8 Å². The smallest absolute Gasteiger partial charge is 0.124 e. The Hall–Kier alpha value is -1.58. The lowest BCUT2D eigenvalue weighted by Crippen LogP contribution is -2.18. The second kappa shape index (κ2) is 8.01. The summed E-state index contributed by atoms with van der Waals surface area (Å²) < 4.78 is 6.78. The molecule has 0 aliphatic carbocycles. The third-order valence-corrected chi connectivity index (χ3v) is 3.77. The maximum Gasteiger partial charge on any atom is 0.124 e. The lowest BCUT2D eigenvalue weighted by Gasteiger charge is -2.16. The van der Waals surface area contributed by atoms with Crippen LogP contribution in [0.25, 0.3) is 0 Å². The van der Waals surface area contributed by atoms with E-state index in [0.717, 1.165) is 22.3 Å². The van der Waals surface area contributed by atoms with Crippen LogP contribution in [0.1, 0.15) is 24.1 Å². The molecule has 0 unspecified atom stereocenters. The highest BCUT2D eigenvalue weighted by Gasteiger charge is 2.07. The normalized spacial score (nSPS) is 11.9. The SMILES string of the molecule is C=CCOc1ccccc1CN[C@H](C)c1cccc(Br)c1. The predicted molar refractivity (Wildman–Crippen MR) is 91.5 cm³/mol. The van der Waals surface area contributed by atoms with Gasteiger partial charge in [0.25, 0.3) is 0 Å². The summed E-state index contributed by atoms with van der Waals surface area (Å²) in [7, 11) is 0. The molecule has 0 spiro atoms. The van der Waals surface area contributed by atoms with Gasteiger partial charge in [-0.1, -0.05) is 58.9 Å². The number of benzene rings is 2. The van der Waals surface area contributed by atoms with Crippen molar-refractivity contribution in [2.75, 3.05) is 6.61 Å². The zero-order valence-electron chi connectivity index (χ0n) is 12.2. The minimum Gasteiger partial charge on any atom is -0.489 e. The molecular formula is C18H20BrNO. The van der Waals surface area contributed by atoms with E-state index in [1.54, 1.807) is 6.08 Å². The van der Waals surface area contributed by atoms with Gasteiger partial charge in [0.1, 0.15) is 12.4 Å². The lowest BCUT2D eigenvalue weighted by molar-refractivity contribution is 0.357. The van der Waals surface area contributed by atoms with Crippen molar-refractivity contribution in [1.82, 2.24) is 5.32 Å². The summed E-state index contributed by atoms with van der Waals surface area (Å²) in [6, 6.07) is 16.7. The van der Waals surface area contributed by atoms with E-state index in [9.17, 15) is 0 Å². The number of ether oxygens (including phenoxy) is 1. The molecule has 110 valence electrons. The molecular weight excluding hydrogens is 326 g/mol. The number of nitrogens with one attached hydrogen (secondary N) is 1. The second-order valence-corrected chi connectivity index (χ2v) is 5.78. The molecule has 2 rings (SSSR count). The van der Waals surface area contributed by atoms with Gasteiger partial charge < -0.3 is 10.1 Å². The van der Waals surface area contributed by atoms with E-state index in [4.69, 9.17) is 4.74 Å². The van der Waals surface area contributed by atoms with E-state index in [2.05, 4.69) is 59.0 Å². The molecule has 2 aromatic carbocycles. The molecule has 0 saturated carbocycles. The highest BCUT2D eigenvalue weighted by atomic mass is 79.9. The molecule has 0 aliphatic heterocycles. The first-order valence-electron chi connectivity index (χ1n) is 7.01. The molecule has 1 N–H and O–H groups in total. The quantitative estimate of drug-likeness (QED) is 0.723. The van der Waals surface area contributed by atoms with Gasteiger partial charge in [-0.25, -0.2) is 0 Å². The Morgan fingerprint density at radius 3 is 2.81 bits per heavy atom. The zero-order chi connectivity index (χ0) is 15.1. The van der Waals surface area contributed by atoms with E-state index in [-0.39, 0.29) is 6.04 Å². The number of halogens is 1. The predicted octanol–water partition coefficient (Wildman–Crippen LogP) is 4.86. The molecule has 0 amide bonds. The second-order valence-electron chi connectivity index (χ2n) is 4.86. The Morgan fingerprint density at radius 2 is 2.05 bits per heavy atom. The Kier molecular flexibility index (Phi) is 6.03. The maximum atomic E-state index is 5.68. The van der Waals surface area contributed by atoms with E-state index < -0.39 is 0 Å². The minimum absolute atomic E-state index is 0.273. The van der Waals surface area contributed by atoms with Crippen LogP contribution in [0.15, 0.2) is 65.7 Å². The van der Waals surface area contributed by atoms with Crippen molar-refractivity contribution >= 4 is 15.9 Å². The molecule has 0 saturated heterocycles. The maximum absolute atomic E-state index is 5.68. The van der Waals surface area contributed by atoms with E-state index in [1.165, 1.54) is 5.56 Å². The number of hydrogen-bond donors (Lipinski definition) is 1. The summed E-state index contributed by atoms with van der Waals surface area (Å²) in [5, 5.41) is 3.53. The molecule has 0 aliphatic rings. The van der Waals surface area contributed by atoms with Gasteiger partial charge in [0, 0.05) is 22.6 Å². The Labute approximate surface area is 135 Å². The van der Waals surface area contributed by atoms with E-state index in [0.29, 0.717) is 6.61 Å². The van der Waals surface area contributed by atoms with Crippen LogP contribution in [-0.4, -0.2) is 6.61 Å². The van der Waals surface area contributed by atoms with Crippen molar-refractivity contribution in [3.63, 3.8) is 0 Å². The van der Waals surface area contributed by atoms with Crippen LogP contribution >= 0.6 is 15.9 Å². The van der Waals surface area contributed by atoms with E-state index >= 15 is 0 Å². The van der Waals surface area contributed by atoms with Crippen LogP contribution in [-0.2, 0) is 6.54 Å². The average molecular weight is 346 g/mol. The monoisotopic (exact) mass is 345 g/mol. The van der Waals surface area contributed by atoms with Gasteiger partial charge in [-0.05, 0) is 30.7 Å². The van der Waals surface area contributed by atoms with Gasteiger partial charge in [-0.3, -0.25) is 0 Å². The van der Waals surface area contributed by atoms with Crippen molar-refractivity contribution < 1.29 is 4.74 Å². The van der Waals surface area contributed by atoms with Crippen molar-refractivity contribution in [3.8, 4) is 5.75 Å². The summed E-state index contributed by atoms with van der Waals surface area (Å²) >= 11 is 3.51. The molecule has 0 bridgehead atoms. The van der Waals surface area contributed by atoms with Crippen molar-refractivity contribution in [1.29, 1.82) is 0 Å². The van der Waals surface area contributed by atoms with Gasteiger partial charge in [-0.2, -0.15) is 0 Å². The highest BCUT2D eigenvalue weighted by molar-refractivity contribution is 9.10. The van der Waals surface area contributed by atoms with E-state index in [1.807, 2.05) is 24.3 Å². The first-order valence-corrected chi connectivity index (χ1v) is 7.80. The molecule has 21 heavy (non-hydrogen) atoms. The average Bonchev–Trinajstić information content (AvgIpc) is 2.51. The van der Waals surface area contributed by atoms with Gasteiger partial charge in [0.05, 0.1) is 0 Å². The summed E-state index contributed by atoms with van der Waals surface area (Å²) in [4.78, 5) is 0. The van der Waals surface area contributed by atoms with Crippen LogP contribution in [0.4, 0.5) is 0 Å². The fourth-order valence-corrected chi connectivity index (χ4v) is 2.51. The Morgan fingerprint density at radius 1 is 1.24 bits per heavy atom. The lowest BCUT2D eigenvalue weighted by atomic mass is 10.1. The van der Waals surface area contributed by atoms with Crippen molar-refractivity contribution in [2.24, 2.45) is 0 Å². The van der Waals surface area contributed by atoms with Crippen LogP contribution in [0, 0.1) is 0 Å². The largest absolute Gasteiger partial charge is 0.489 e. The molecule has 2 nitrogen and oxygen atoms in total. The first kappa shape index (κ1) is 15.8. The first-order chi connectivity index (χ1) is 10.2. The fraction of sp³-hybridized carbons (Fsp3) is 0.222. The third kappa shape index (κ3) is 4.73. The van der Waals surface area contributed by atoms with Gasteiger partial charge in [-0.15, -0.1) is 0 Å². The molecule has 0 heterocycles. The summed E-state index contributed by atoms with van der Waals surface area (Å²) in [5.41, 5.74) is 2.41. The number of para-hydroxylation sites is 1. The minimum atomic E-state index is 0.273. The molecule has 1 atom stereocenters. The third-order valence-electron chi connectivity index (χ3n) is 3.28. The van der Waals surface area contributed by atoms with Gasteiger partial charge in [0.15, 0.2) is 0 Å². The summed E-state index contributed by atoms with van der Waals surface area (Å²) in [6.07, 6.45) is 1.76. The molecule has 0 aromatic heterocycles. The molecule has 0 radical (unpaired) electrons. The number of hydrogen-bond acceptors (Lipinski definition) is 2. The van der Waals surface area contributed by atoms with Gasteiger partial charge >= 0.3 is 0 Å². The van der Waals surface area contributed by atoms with Gasteiger partial charge in [0.2, 0.25) is 0 Å². The van der Waals surface area contributed by atoms with Crippen LogP contribution in [0.2, 0.25) is 0 Å². The summed E-state index contributed by atoms with van der Waals surface area (Å²) in [5.74, 6) is 0.909. The topological polar surface area (TPSA) is 21.3 Å². The standard InChI is InChI=1S/C18H20BrNO/c1-3-11-21-18-10-5-4-7-16(18)13-20-14(2)15-8-6-9-17(19)12-15/h3-10,12,14,20H,1,11,13H2,2H3/t14-/m1/s1. The summed E-state index contributed by atoms with van der Waals surface area (Å²) in [6.45, 7) is 7.14. The van der Waals surface area contributed by atoms with Crippen LogP contribution in [0.5, 0.6) is 5.75 Å². The molecule has 2 aromatic rings. The Bertz CT molecular complexity index is 597. The molecule has 0 fully saturated rings. The van der Waals surface area contributed by atoms with Crippen LogP contribution < -0.4 is 10.1 Å². The van der Waals surface area contributed by atoms with Crippen LogP contribution in [0.3, 0.4) is 0 Å².